The molecule has 0 saturated heterocycles. The quantitative estimate of drug-likeness (QED) is 0.922. The fourth-order valence-electron chi connectivity index (χ4n) is 1.60. The molecule has 2 rings (SSSR count). The average molecular weight is 299 g/mol. The number of thiazole rings is 1. The van der Waals surface area contributed by atoms with Gasteiger partial charge in [-0.05, 0) is 19.1 Å². The molecule has 0 radical (unpaired) electrons. The zero-order valence-electron chi connectivity index (χ0n) is 10.5. The summed E-state index contributed by atoms with van der Waals surface area (Å²) < 4.78 is 31.2. The number of carboxylic acid groups (broad SMARTS) is 1. The van der Waals surface area contributed by atoms with Gasteiger partial charge in [0.2, 0.25) is 0 Å². The fourth-order valence-corrected chi connectivity index (χ4v) is 2.48. The zero-order valence-corrected chi connectivity index (χ0v) is 11.3. The summed E-state index contributed by atoms with van der Waals surface area (Å²) in [4.78, 5) is 15.2. The highest BCUT2D eigenvalue weighted by Crippen LogP contribution is 2.20. The first-order valence-corrected chi connectivity index (χ1v) is 6.56. The highest BCUT2D eigenvalue weighted by Gasteiger charge is 2.14. The van der Waals surface area contributed by atoms with Gasteiger partial charge in [0, 0.05) is 12.5 Å². The second-order valence-corrected chi connectivity index (χ2v) is 5.08. The fraction of sp³-hybridized carbons (Fsp3) is 0.231. The molecule has 2 aromatic rings. The Kier molecular flexibility index (Phi) is 4.29. The van der Waals surface area contributed by atoms with Crippen molar-refractivity contribution in [3.05, 3.63) is 45.4 Å². The van der Waals surface area contributed by atoms with E-state index in [4.69, 9.17) is 9.84 Å². The lowest BCUT2D eigenvalue weighted by atomic mass is 10.3. The lowest BCUT2D eigenvalue weighted by molar-refractivity contribution is 0.0701. The topological polar surface area (TPSA) is 59.4 Å². The first-order chi connectivity index (χ1) is 9.47. The Morgan fingerprint density at radius 2 is 2.20 bits per heavy atom. The summed E-state index contributed by atoms with van der Waals surface area (Å²) in [6.07, 6.45) is 0.357. The number of hydrogen-bond donors (Lipinski definition) is 1. The van der Waals surface area contributed by atoms with Crippen LogP contribution in [-0.4, -0.2) is 22.7 Å². The van der Waals surface area contributed by atoms with Gasteiger partial charge in [0.25, 0.3) is 0 Å². The number of halogens is 2. The van der Waals surface area contributed by atoms with E-state index in [0.29, 0.717) is 17.1 Å². The van der Waals surface area contributed by atoms with Crippen molar-refractivity contribution >= 4 is 17.3 Å². The minimum atomic E-state index is -1.02. The van der Waals surface area contributed by atoms with E-state index in [0.717, 1.165) is 23.5 Å². The van der Waals surface area contributed by atoms with Crippen LogP contribution in [-0.2, 0) is 6.42 Å². The molecule has 0 aliphatic carbocycles. The molecule has 0 spiro atoms. The average Bonchev–Trinajstić information content (AvgIpc) is 2.73. The van der Waals surface area contributed by atoms with Crippen LogP contribution in [0.25, 0.3) is 0 Å². The molecular formula is C13H11F2NO3S. The Labute approximate surface area is 117 Å². The maximum absolute atomic E-state index is 13.3. The zero-order chi connectivity index (χ0) is 14.7. The van der Waals surface area contributed by atoms with E-state index < -0.39 is 17.6 Å². The van der Waals surface area contributed by atoms with E-state index in [-0.39, 0.29) is 17.2 Å². The number of ether oxygens (including phenoxy) is 1. The highest BCUT2D eigenvalue weighted by molar-refractivity contribution is 7.13. The summed E-state index contributed by atoms with van der Waals surface area (Å²) in [7, 11) is 0. The maximum Gasteiger partial charge on any atom is 0.347 e. The molecule has 0 aliphatic heterocycles. The third kappa shape index (κ3) is 3.30. The van der Waals surface area contributed by atoms with E-state index in [2.05, 4.69) is 4.98 Å². The maximum atomic E-state index is 13.3. The Balaban J connectivity index is 1.96. The molecule has 0 unspecified atom stereocenters. The number of nitrogens with zero attached hydrogens (tertiary/aromatic N) is 1. The third-order valence-corrected chi connectivity index (χ3v) is 3.71. The van der Waals surface area contributed by atoms with Crippen molar-refractivity contribution in [2.24, 2.45) is 0 Å². The number of hydrogen-bond acceptors (Lipinski definition) is 4. The van der Waals surface area contributed by atoms with Gasteiger partial charge in [-0.2, -0.15) is 0 Å². The van der Waals surface area contributed by atoms with Gasteiger partial charge >= 0.3 is 5.97 Å². The van der Waals surface area contributed by atoms with E-state index in [1.165, 1.54) is 6.07 Å². The molecule has 0 aliphatic rings. The van der Waals surface area contributed by atoms with Gasteiger partial charge in [-0.3, -0.25) is 0 Å². The molecule has 0 fully saturated rings. The molecule has 1 heterocycles. The molecule has 7 heteroatoms. The number of rotatable bonds is 5. The largest absolute Gasteiger partial charge is 0.490 e. The van der Waals surface area contributed by atoms with E-state index in [1.54, 1.807) is 6.92 Å². The standard InChI is InChI=1S/C13H11F2NO3S/c1-7-12(13(17)18)20-11(16-7)4-5-19-10-3-2-8(14)6-9(10)15/h2-3,6H,4-5H2,1H3,(H,17,18). The number of benzene rings is 1. The molecule has 106 valence electrons. The molecule has 1 aromatic carbocycles. The minimum Gasteiger partial charge on any atom is -0.490 e. The molecule has 0 amide bonds. The Morgan fingerprint density at radius 3 is 2.80 bits per heavy atom. The molecule has 4 nitrogen and oxygen atoms in total. The van der Waals surface area contributed by atoms with Crippen LogP contribution in [0.1, 0.15) is 20.4 Å². The smallest absolute Gasteiger partial charge is 0.347 e. The third-order valence-electron chi connectivity index (χ3n) is 2.50. The summed E-state index contributed by atoms with van der Waals surface area (Å²) in [6, 6.07) is 3.06. The predicted octanol–water partition coefficient (Wildman–Crippen LogP) is 3.05. The van der Waals surface area contributed by atoms with Crippen molar-refractivity contribution < 1.29 is 23.4 Å². The van der Waals surface area contributed by atoms with E-state index >= 15 is 0 Å². The van der Waals surface area contributed by atoms with Gasteiger partial charge in [0.15, 0.2) is 11.6 Å². The first-order valence-electron chi connectivity index (χ1n) is 5.75. The number of aromatic nitrogens is 1. The van der Waals surface area contributed by atoms with Crippen molar-refractivity contribution in [3.8, 4) is 5.75 Å². The van der Waals surface area contributed by atoms with Crippen LogP contribution in [0, 0.1) is 18.6 Å². The van der Waals surface area contributed by atoms with E-state index in [1.807, 2.05) is 0 Å². The molecule has 1 N–H and O–H groups in total. The number of carbonyl (C=O) groups is 1. The van der Waals surface area contributed by atoms with Gasteiger partial charge in [0.05, 0.1) is 17.3 Å². The lowest BCUT2D eigenvalue weighted by Crippen LogP contribution is -2.02. The monoisotopic (exact) mass is 299 g/mol. The van der Waals surface area contributed by atoms with Crippen molar-refractivity contribution in [2.75, 3.05) is 6.61 Å². The second kappa shape index (κ2) is 5.96. The normalized spacial score (nSPS) is 10.6. The van der Waals surface area contributed by atoms with Crippen molar-refractivity contribution in [1.82, 2.24) is 4.98 Å². The molecular weight excluding hydrogens is 288 g/mol. The Bertz CT molecular complexity index is 643. The summed E-state index contributed by atoms with van der Waals surface area (Å²) in [6.45, 7) is 1.75. The van der Waals surface area contributed by atoms with Crippen LogP contribution in [0.4, 0.5) is 8.78 Å². The molecule has 0 atom stereocenters. The van der Waals surface area contributed by atoms with Crippen molar-refractivity contribution in [3.63, 3.8) is 0 Å². The molecule has 0 bridgehead atoms. The summed E-state index contributed by atoms with van der Waals surface area (Å²) in [5.74, 6) is -2.50. The van der Waals surface area contributed by atoms with Crippen LogP contribution in [0.2, 0.25) is 0 Å². The summed E-state index contributed by atoms with van der Waals surface area (Å²) >= 11 is 1.06. The second-order valence-electron chi connectivity index (χ2n) is 4.00. The number of aromatic carboxylic acids is 1. The molecule has 1 aromatic heterocycles. The van der Waals surface area contributed by atoms with E-state index in [9.17, 15) is 13.6 Å². The van der Waals surface area contributed by atoms with Gasteiger partial charge in [-0.25, -0.2) is 18.6 Å². The van der Waals surface area contributed by atoms with Crippen molar-refractivity contribution in [1.29, 1.82) is 0 Å². The van der Waals surface area contributed by atoms with Crippen LogP contribution in [0.15, 0.2) is 18.2 Å². The van der Waals surface area contributed by atoms with Crippen LogP contribution in [0.3, 0.4) is 0 Å². The van der Waals surface area contributed by atoms with Crippen LogP contribution in [0.5, 0.6) is 5.75 Å². The highest BCUT2D eigenvalue weighted by atomic mass is 32.1. The lowest BCUT2D eigenvalue weighted by Gasteiger charge is -2.05. The minimum absolute atomic E-state index is 0.0434. The number of aryl methyl sites for hydroxylation is 1. The summed E-state index contributed by atoms with van der Waals surface area (Å²) in [5, 5.41) is 9.50. The van der Waals surface area contributed by atoms with Gasteiger partial charge in [-0.15, -0.1) is 11.3 Å². The predicted molar refractivity (Wildman–Crippen MR) is 69.4 cm³/mol. The Hall–Kier alpha value is -2.02. The molecule has 0 saturated carbocycles. The first kappa shape index (κ1) is 14.4. The Morgan fingerprint density at radius 1 is 1.45 bits per heavy atom. The van der Waals surface area contributed by atoms with Gasteiger partial charge in [-0.1, -0.05) is 0 Å². The molecule has 20 heavy (non-hydrogen) atoms. The van der Waals surface area contributed by atoms with Crippen LogP contribution < -0.4 is 4.74 Å². The summed E-state index contributed by atoms with van der Waals surface area (Å²) in [5.41, 5.74) is 0.450. The number of carboxylic acids is 1. The SMILES string of the molecule is Cc1nc(CCOc2ccc(F)cc2F)sc1C(=O)O. The van der Waals surface area contributed by atoms with Crippen molar-refractivity contribution in [2.45, 2.75) is 13.3 Å². The van der Waals surface area contributed by atoms with Gasteiger partial charge in [0.1, 0.15) is 10.7 Å². The van der Waals surface area contributed by atoms with Gasteiger partial charge < -0.3 is 9.84 Å². The van der Waals surface area contributed by atoms with Crippen LogP contribution >= 0.6 is 11.3 Å².